The van der Waals surface area contributed by atoms with Gasteiger partial charge < -0.3 is 10.1 Å². The van der Waals surface area contributed by atoms with E-state index in [0.717, 1.165) is 17.7 Å². The lowest BCUT2D eigenvalue weighted by Gasteiger charge is -2.19. The highest BCUT2D eigenvalue weighted by molar-refractivity contribution is 6.07. The van der Waals surface area contributed by atoms with Crippen molar-refractivity contribution in [2.75, 3.05) is 18.5 Å². The molecular weight excluding hydrogens is 364 g/mol. The Morgan fingerprint density at radius 2 is 1.68 bits per heavy atom. The van der Waals surface area contributed by atoms with Gasteiger partial charge in [-0.05, 0) is 31.9 Å². The number of ketones is 1. The summed E-state index contributed by atoms with van der Waals surface area (Å²) in [5, 5.41) is 2.51. The maximum absolute atomic E-state index is 12.4. The second-order valence-electron chi connectivity index (χ2n) is 7.07. The Bertz CT molecular complexity index is 810. The van der Waals surface area contributed by atoms with Crippen molar-refractivity contribution in [1.29, 1.82) is 0 Å². The summed E-state index contributed by atoms with van der Waals surface area (Å²) in [7, 11) is 0. The molecule has 1 aromatic carbocycles. The van der Waals surface area contributed by atoms with E-state index in [-0.39, 0.29) is 29.4 Å². The Morgan fingerprint density at radius 1 is 1.07 bits per heavy atom. The lowest BCUT2D eigenvalue weighted by Crippen LogP contribution is -2.37. The fourth-order valence-corrected chi connectivity index (χ4v) is 3.79. The maximum Gasteiger partial charge on any atom is 0.326 e. The van der Waals surface area contributed by atoms with E-state index in [1.165, 1.54) is 6.92 Å². The molecule has 3 amide bonds. The van der Waals surface area contributed by atoms with Crippen LogP contribution in [0.15, 0.2) is 24.3 Å². The molecule has 0 aromatic heterocycles. The van der Waals surface area contributed by atoms with Crippen LogP contribution >= 0.6 is 0 Å². The van der Waals surface area contributed by atoms with E-state index in [0.29, 0.717) is 24.1 Å². The van der Waals surface area contributed by atoms with Gasteiger partial charge in [-0.2, -0.15) is 0 Å². The summed E-state index contributed by atoms with van der Waals surface area (Å²) in [6.07, 6.45) is 3.14. The van der Waals surface area contributed by atoms with E-state index in [2.05, 4.69) is 5.32 Å². The van der Waals surface area contributed by atoms with E-state index >= 15 is 0 Å². The highest BCUT2D eigenvalue weighted by Gasteiger charge is 2.48. The number of Topliss-reactive ketones (excluding diaryl/α,β-unsaturated/α-hetero) is 1. The number of nitrogens with one attached hydrogen (secondary N) is 1. The highest BCUT2D eigenvalue weighted by atomic mass is 16.5. The smallest absolute Gasteiger partial charge is 0.326 e. The Hall–Kier alpha value is -3.03. The third-order valence-electron chi connectivity index (χ3n) is 5.16. The summed E-state index contributed by atoms with van der Waals surface area (Å²) in [6, 6.07) is 6.49. The normalized spacial score (nSPS) is 21.2. The van der Waals surface area contributed by atoms with Crippen LogP contribution in [0.3, 0.4) is 0 Å². The number of likely N-dealkylation sites (tertiary alicyclic amines) is 1. The third kappa shape index (κ3) is 4.11. The molecule has 2 atom stereocenters. The van der Waals surface area contributed by atoms with Crippen LogP contribution in [0.2, 0.25) is 0 Å². The van der Waals surface area contributed by atoms with Crippen LogP contribution in [0.1, 0.15) is 43.0 Å². The SMILES string of the molecule is CC(=O)c1ccccc1NC(=O)COC(=O)CN1C(=O)[C@H]2CCCC[C@@H]2C1=O. The van der Waals surface area contributed by atoms with Crippen molar-refractivity contribution in [2.24, 2.45) is 11.8 Å². The zero-order chi connectivity index (χ0) is 20.3. The number of para-hydroxylation sites is 1. The third-order valence-corrected chi connectivity index (χ3v) is 5.16. The lowest BCUT2D eigenvalue weighted by molar-refractivity contribution is -0.154. The van der Waals surface area contributed by atoms with Crippen molar-refractivity contribution in [3.05, 3.63) is 29.8 Å². The Balaban J connectivity index is 1.52. The molecule has 0 bridgehead atoms. The number of nitrogens with zero attached hydrogens (tertiary/aromatic N) is 1. The summed E-state index contributed by atoms with van der Waals surface area (Å²) < 4.78 is 4.91. The first kappa shape index (κ1) is 19.7. The zero-order valence-electron chi connectivity index (χ0n) is 15.6. The van der Waals surface area contributed by atoms with Crippen LogP contribution in [0, 0.1) is 11.8 Å². The van der Waals surface area contributed by atoms with E-state index in [1.807, 2.05) is 0 Å². The second kappa shape index (κ2) is 8.33. The first-order valence-electron chi connectivity index (χ1n) is 9.29. The summed E-state index contributed by atoms with van der Waals surface area (Å²) in [5.41, 5.74) is 0.670. The van der Waals surface area contributed by atoms with E-state index in [9.17, 15) is 24.0 Å². The molecule has 2 fully saturated rings. The average Bonchev–Trinajstić information content (AvgIpc) is 2.92. The maximum atomic E-state index is 12.4. The zero-order valence-corrected chi connectivity index (χ0v) is 15.6. The molecule has 1 saturated carbocycles. The molecule has 0 unspecified atom stereocenters. The van der Waals surface area contributed by atoms with Crippen LogP contribution in [0.25, 0.3) is 0 Å². The fraction of sp³-hybridized carbons (Fsp3) is 0.450. The molecule has 0 radical (unpaired) electrons. The minimum atomic E-state index is -0.824. The Labute approximate surface area is 162 Å². The van der Waals surface area contributed by atoms with Crippen molar-refractivity contribution in [3.8, 4) is 0 Å². The van der Waals surface area contributed by atoms with Gasteiger partial charge in [0.25, 0.3) is 5.91 Å². The van der Waals surface area contributed by atoms with Gasteiger partial charge in [-0.25, -0.2) is 0 Å². The monoisotopic (exact) mass is 386 g/mol. The van der Waals surface area contributed by atoms with Gasteiger partial charge in [0.15, 0.2) is 12.4 Å². The predicted molar refractivity (Wildman–Crippen MR) is 98.2 cm³/mol. The molecular formula is C20H22N2O6. The topological polar surface area (TPSA) is 110 Å². The first-order chi connectivity index (χ1) is 13.4. The molecule has 8 nitrogen and oxygen atoms in total. The van der Waals surface area contributed by atoms with Crippen LogP contribution in [0.4, 0.5) is 5.69 Å². The number of esters is 1. The van der Waals surface area contributed by atoms with E-state index < -0.39 is 25.0 Å². The molecule has 1 saturated heterocycles. The molecule has 1 aliphatic carbocycles. The molecule has 1 N–H and O–H groups in total. The van der Waals surface area contributed by atoms with Gasteiger partial charge in [-0.1, -0.05) is 25.0 Å². The number of carbonyl (C=O) groups is 5. The molecule has 0 spiro atoms. The number of amides is 3. The molecule has 2 aliphatic rings. The van der Waals surface area contributed by atoms with Crippen molar-refractivity contribution >= 4 is 35.2 Å². The van der Waals surface area contributed by atoms with E-state index in [4.69, 9.17) is 4.74 Å². The average molecular weight is 386 g/mol. The summed E-state index contributed by atoms with van der Waals surface area (Å²) >= 11 is 0. The van der Waals surface area contributed by atoms with Gasteiger partial charge in [0.2, 0.25) is 11.8 Å². The quantitative estimate of drug-likeness (QED) is 0.451. The van der Waals surface area contributed by atoms with Gasteiger partial charge in [-0.3, -0.25) is 28.9 Å². The number of anilines is 1. The van der Waals surface area contributed by atoms with Crippen LogP contribution in [0.5, 0.6) is 0 Å². The number of fused-ring (bicyclic) bond motifs is 1. The number of imide groups is 1. The summed E-state index contributed by atoms with van der Waals surface area (Å²) in [5.74, 6) is -2.97. The molecule has 1 aliphatic heterocycles. The van der Waals surface area contributed by atoms with Gasteiger partial charge in [0.1, 0.15) is 6.54 Å². The molecule has 8 heteroatoms. The van der Waals surface area contributed by atoms with Gasteiger partial charge in [0.05, 0.1) is 17.5 Å². The largest absolute Gasteiger partial charge is 0.454 e. The van der Waals surface area contributed by atoms with Crippen LogP contribution in [-0.2, 0) is 23.9 Å². The molecule has 28 heavy (non-hydrogen) atoms. The van der Waals surface area contributed by atoms with Crippen molar-refractivity contribution < 1.29 is 28.7 Å². The number of rotatable bonds is 6. The standard InChI is InChI=1S/C20H22N2O6/c1-12(23)13-6-4-5-9-16(13)21-17(24)11-28-18(25)10-22-19(26)14-7-2-3-8-15(14)20(22)27/h4-6,9,14-15H,2-3,7-8,10-11H2,1H3,(H,21,24)/t14-,15-/m0/s1. The molecule has 1 heterocycles. The fourth-order valence-electron chi connectivity index (χ4n) is 3.79. The number of hydrogen-bond donors (Lipinski definition) is 1. The van der Waals surface area contributed by atoms with Crippen LogP contribution < -0.4 is 5.32 Å². The molecule has 3 rings (SSSR count). The van der Waals surface area contributed by atoms with Crippen LogP contribution in [-0.4, -0.2) is 47.5 Å². The Morgan fingerprint density at radius 3 is 2.29 bits per heavy atom. The van der Waals surface area contributed by atoms with Crippen molar-refractivity contribution in [1.82, 2.24) is 4.90 Å². The highest BCUT2D eigenvalue weighted by Crippen LogP contribution is 2.37. The lowest BCUT2D eigenvalue weighted by atomic mass is 9.81. The summed E-state index contributed by atoms with van der Waals surface area (Å²) in [4.78, 5) is 61.3. The number of carbonyl (C=O) groups excluding carboxylic acids is 5. The number of benzene rings is 1. The van der Waals surface area contributed by atoms with Gasteiger partial charge in [-0.15, -0.1) is 0 Å². The van der Waals surface area contributed by atoms with Gasteiger partial charge >= 0.3 is 5.97 Å². The van der Waals surface area contributed by atoms with Gasteiger partial charge in [0, 0.05) is 5.56 Å². The second-order valence-corrected chi connectivity index (χ2v) is 7.07. The van der Waals surface area contributed by atoms with Crippen molar-refractivity contribution in [2.45, 2.75) is 32.6 Å². The minimum absolute atomic E-state index is 0.208. The molecule has 1 aromatic rings. The predicted octanol–water partition coefficient (Wildman–Crippen LogP) is 1.55. The molecule has 148 valence electrons. The number of hydrogen-bond acceptors (Lipinski definition) is 6. The first-order valence-corrected chi connectivity index (χ1v) is 9.29. The Kier molecular flexibility index (Phi) is 5.87. The van der Waals surface area contributed by atoms with E-state index in [1.54, 1.807) is 24.3 Å². The number of ether oxygens (including phenoxy) is 1. The van der Waals surface area contributed by atoms with Crippen molar-refractivity contribution in [3.63, 3.8) is 0 Å². The minimum Gasteiger partial charge on any atom is -0.454 e. The summed E-state index contributed by atoms with van der Waals surface area (Å²) in [6.45, 7) is 0.322.